The first-order valence-electron chi connectivity index (χ1n) is 2.55. The van der Waals surface area contributed by atoms with E-state index in [0.717, 1.165) is 6.26 Å². The fourth-order valence-electron chi connectivity index (χ4n) is 0.539. The van der Waals surface area contributed by atoms with Crippen LogP contribution in [0.4, 0.5) is 0 Å². The van der Waals surface area contributed by atoms with Crippen LogP contribution in [0.25, 0.3) is 0 Å². The molecule has 0 saturated carbocycles. The summed E-state index contributed by atoms with van der Waals surface area (Å²) in [7, 11) is -3.43. The standard InChI is InChI=1S/C5H9NO3S/c1-3-4(5(6)7)10(2,8)9/h3H,1-2H3,(H2,6,7)/b4-3+. The number of allylic oxidation sites excluding steroid dienone is 1. The highest BCUT2D eigenvalue weighted by Gasteiger charge is 2.14. The van der Waals surface area contributed by atoms with Crippen LogP contribution in [0.3, 0.4) is 0 Å². The highest BCUT2D eigenvalue weighted by Crippen LogP contribution is 2.01. The van der Waals surface area contributed by atoms with E-state index in [0.29, 0.717) is 0 Å². The molecule has 5 heteroatoms. The lowest BCUT2D eigenvalue weighted by atomic mass is 10.5. The summed E-state index contributed by atoms with van der Waals surface area (Å²) in [4.78, 5) is 10.0. The van der Waals surface area contributed by atoms with Crippen LogP contribution in [0.2, 0.25) is 0 Å². The van der Waals surface area contributed by atoms with Gasteiger partial charge in [-0.15, -0.1) is 0 Å². The zero-order valence-corrected chi connectivity index (χ0v) is 6.60. The fraction of sp³-hybridized carbons (Fsp3) is 0.400. The third-order valence-corrected chi connectivity index (χ3v) is 2.14. The average molecular weight is 163 g/mol. The second-order valence-corrected chi connectivity index (χ2v) is 3.77. The summed E-state index contributed by atoms with van der Waals surface area (Å²) >= 11 is 0. The maximum absolute atomic E-state index is 10.6. The molecule has 0 aromatic heterocycles. The van der Waals surface area contributed by atoms with E-state index in [2.05, 4.69) is 0 Å². The number of hydrogen-bond acceptors (Lipinski definition) is 3. The first-order valence-corrected chi connectivity index (χ1v) is 4.45. The molecular formula is C5H9NO3S. The molecule has 0 rings (SSSR count). The van der Waals surface area contributed by atoms with Crippen LogP contribution in [0, 0.1) is 0 Å². The summed E-state index contributed by atoms with van der Waals surface area (Å²) in [6, 6.07) is 0. The van der Waals surface area contributed by atoms with Crippen LogP contribution in [-0.2, 0) is 14.6 Å². The van der Waals surface area contributed by atoms with Gasteiger partial charge in [0.05, 0.1) is 0 Å². The van der Waals surface area contributed by atoms with Gasteiger partial charge in [0.25, 0.3) is 5.91 Å². The lowest BCUT2D eigenvalue weighted by molar-refractivity contribution is -0.113. The van der Waals surface area contributed by atoms with E-state index in [1.807, 2.05) is 0 Å². The molecule has 0 bridgehead atoms. The van der Waals surface area contributed by atoms with Crippen molar-refractivity contribution >= 4 is 15.7 Å². The van der Waals surface area contributed by atoms with Crippen molar-refractivity contribution in [1.82, 2.24) is 0 Å². The number of primary amides is 1. The van der Waals surface area contributed by atoms with Crippen molar-refractivity contribution in [2.24, 2.45) is 5.73 Å². The molecule has 0 fully saturated rings. The Morgan fingerprint density at radius 2 is 1.90 bits per heavy atom. The van der Waals surface area contributed by atoms with Crippen LogP contribution in [0.5, 0.6) is 0 Å². The Labute approximate surface area is 59.6 Å². The number of rotatable bonds is 2. The molecule has 0 saturated heterocycles. The molecule has 0 aliphatic carbocycles. The van der Waals surface area contributed by atoms with Crippen molar-refractivity contribution in [2.45, 2.75) is 6.92 Å². The number of carbonyl (C=O) groups excluding carboxylic acids is 1. The quantitative estimate of drug-likeness (QED) is 0.553. The highest BCUT2D eigenvalue weighted by atomic mass is 32.2. The lowest BCUT2D eigenvalue weighted by Crippen LogP contribution is -2.19. The summed E-state index contributed by atoms with van der Waals surface area (Å²) in [5.41, 5.74) is 4.75. The molecule has 0 aliphatic rings. The van der Waals surface area contributed by atoms with Gasteiger partial charge in [0.15, 0.2) is 9.84 Å². The summed E-state index contributed by atoms with van der Waals surface area (Å²) in [6.45, 7) is 1.45. The minimum Gasteiger partial charge on any atom is -0.365 e. The van der Waals surface area contributed by atoms with Crippen LogP contribution in [0.1, 0.15) is 6.92 Å². The molecule has 1 amide bonds. The van der Waals surface area contributed by atoms with E-state index >= 15 is 0 Å². The number of hydrogen-bond donors (Lipinski definition) is 1. The summed E-state index contributed by atoms with van der Waals surface area (Å²) < 4.78 is 21.3. The van der Waals surface area contributed by atoms with E-state index in [1.54, 1.807) is 0 Å². The molecule has 0 heterocycles. The molecule has 0 aromatic carbocycles. The van der Waals surface area contributed by atoms with Gasteiger partial charge in [-0.2, -0.15) is 0 Å². The van der Waals surface area contributed by atoms with Gasteiger partial charge in [0.2, 0.25) is 0 Å². The lowest BCUT2D eigenvalue weighted by Gasteiger charge is -1.95. The Morgan fingerprint density at radius 3 is 1.90 bits per heavy atom. The molecule has 58 valence electrons. The third kappa shape index (κ3) is 2.18. The third-order valence-electron chi connectivity index (χ3n) is 0.905. The van der Waals surface area contributed by atoms with E-state index in [9.17, 15) is 13.2 Å². The molecule has 10 heavy (non-hydrogen) atoms. The topological polar surface area (TPSA) is 77.2 Å². The van der Waals surface area contributed by atoms with Gasteiger partial charge in [-0.25, -0.2) is 8.42 Å². The van der Waals surface area contributed by atoms with Crippen LogP contribution >= 0.6 is 0 Å². The maximum Gasteiger partial charge on any atom is 0.259 e. The number of amides is 1. The van der Waals surface area contributed by atoms with Gasteiger partial charge in [-0.1, -0.05) is 6.08 Å². The average Bonchev–Trinajstić information content (AvgIpc) is 1.60. The van der Waals surface area contributed by atoms with Crippen molar-refractivity contribution in [3.8, 4) is 0 Å². The molecule has 0 radical (unpaired) electrons. The minimum atomic E-state index is -3.43. The number of sulfone groups is 1. The highest BCUT2D eigenvalue weighted by molar-refractivity contribution is 7.95. The Kier molecular flexibility index (Phi) is 2.59. The van der Waals surface area contributed by atoms with Crippen molar-refractivity contribution in [1.29, 1.82) is 0 Å². The van der Waals surface area contributed by atoms with Gasteiger partial charge in [0, 0.05) is 6.26 Å². The predicted molar refractivity (Wildman–Crippen MR) is 37.8 cm³/mol. The van der Waals surface area contributed by atoms with Gasteiger partial charge >= 0.3 is 0 Å². The monoisotopic (exact) mass is 163 g/mol. The summed E-state index contributed by atoms with van der Waals surface area (Å²) in [6.07, 6.45) is 2.12. The zero-order chi connectivity index (χ0) is 8.36. The van der Waals surface area contributed by atoms with E-state index < -0.39 is 15.7 Å². The first kappa shape index (κ1) is 9.16. The Balaban J connectivity index is 4.95. The van der Waals surface area contributed by atoms with Crippen LogP contribution in [-0.4, -0.2) is 20.6 Å². The van der Waals surface area contributed by atoms with E-state index in [4.69, 9.17) is 5.73 Å². The van der Waals surface area contributed by atoms with Crippen molar-refractivity contribution < 1.29 is 13.2 Å². The second kappa shape index (κ2) is 2.83. The van der Waals surface area contributed by atoms with Gasteiger partial charge in [-0.05, 0) is 6.92 Å². The molecule has 0 aromatic rings. The second-order valence-electron chi connectivity index (χ2n) is 1.79. The Morgan fingerprint density at radius 1 is 1.50 bits per heavy atom. The maximum atomic E-state index is 10.6. The Bertz CT molecular complexity index is 263. The molecule has 0 unspecified atom stereocenters. The van der Waals surface area contributed by atoms with Crippen molar-refractivity contribution in [2.75, 3.05) is 6.26 Å². The molecule has 0 atom stereocenters. The zero-order valence-electron chi connectivity index (χ0n) is 5.79. The van der Waals surface area contributed by atoms with Crippen molar-refractivity contribution in [3.63, 3.8) is 0 Å². The first-order chi connectivity index (χ1) is 4.39. The molecular weight excluding hydrogens is 154 g/mol. The molecule has 0 spiro atoms. The smallest absolute Gasteiger partial charge is 0.259 e. The van der Waals surface area contributed by atoms with Gasteiger partial charge < -0.3 is 5.73 Å². The molecule has 2 N–H and O–H groups in total. The normalized spacial score (nSPS) is 13.2. The summed E-state index contributed by atoms with van der Waals surface area (Å²) in [5, 5.41) is 0. The summed E-state index contributed by atoms with van der Waals surface area (Å²) in [5.74, 6) is -0.912. The fourth-order valence-corrected chi connectivity index (χ4v) is 1.33. The van der Waals surface area contributed by atoms with E-state index in [1.165, 1.54) is 13.0 Å². The Hall–Kier alpha value is -0.840. The van der Waals surface area contributed by atoms with Crippen LogP contribution < -0.4 is 5.73 Å². The van der Waals surface area contributed by atoms with Gasteiger partial charge in [-0.3, -0.25) is 4.79 Å². The van der Waals surface area contributed by atoms with E-state index in [-0.39, 0.29) is 4.91 Å². The molecule has 0 aliphatic heterocycles. The largest absolute Gasteiger partial charge is 0.365 e. The molecule has 4 nitrogen and oxygen atoms in total. The predicted octanol–water partition coefficient (Wildman–Crippen LogP) is -0.580. The SMILES string of the molecule is C/C=C(\C(N)=O)S(C)(=O)=O. The minimum absolute atomic E-state index is 0.340. The van der Waals surface area contributed by atoms with Crippen LogP contribution in [0.15, 0.2) is 11.0 Å². The number of nitrogens with two attached hydrogens (primary N) is 1. The van der Waals surface area contributed by atoms with Gasteiger partial charge in [0.1, 0.15) is 4.91 Å². The number of carbonyl (C=O) groups is 1. The van der Waals surface area contributed by atoms with Crippen molar-refractivity contribution in [3.05, 3.63) is 11.0 Å².